The van der Waals surface area contributed by atoms with Gasteiger partial charge in [-0.25, -0.2) is 0 Å². The highest BCUT2D eigenvalue weighted by Gasteiger charge is 2.41. The number of hydrogen-bond acceptors (Lipinski definition) is 5. The molecule has 3 fully saturated rings. The molecule has 2 aliphatic heterocycles. The third kappa shape index (κ3) is 5.23. The molecule has 3 aliphatic rings. The Morgan fingerprint density at radius 3 is 2.18 bits per heavy atom. The van der Waals surface area contributed by atoms with Crippen molar-refractivity contribution >= 4 is 17.8 Å². The highest BCUT2D eigenvalue weighted by molar-refractivity contribution is 5.88. The number of hydrogen-bond donors (Lipinski definition) is 1. The van der Waals surface area contributed by atoms with Crippen LogP contribution < -0.4 is 0 Å². The largest absolute Gasteiger partial charge is 0.480 e. The first-order chi connectivity index (χ1) is 13.5. The van der Waals surface area contributed by atoms with Crippen molar-refractivity contribution in [2.24, 2.45) is 11.8 Å². The standard InChI is InChI=1S/C20H33N3O5/c1-21(14-18(24)25)12-15-13-23(10-11-28-15)20(27)17-7-3-2-6-16(17)19(26)22-8-4-5-9-22/h15-17H,2-14H2,1H3,(H,24,25). The highest BCUT2D eigenvalue weighted by atomic mass is 16.5. The third-order valence-corrected chi connectivity index (χ3v) is 6.19. The van der Waals surface area contributed by atoms with Gasteiger partial charge in [0.25, 0.3) is 0 Å². The normalized spacial score (nSPS) is 28.6. The van der Waals surface area contributed by atoms with E-state index in [0.717, 1.165) is 51.6 Å². The summed E-state index contributed by atoms with van der Waals surface area (Å²) >= 11 is 0. The number of carbonyl (C=O) groups excluding carboxylic acids is 2. The molecule has 1 saturated carbocycles. The lowest BCUT2D eigenvalue weighted by Crippen LogP contribution is -2.53. The Hall–Kier alpha value is -1.67. The van der Waals surface area contributed by atoms with Crippen molar-refractivity contribution in [2.45, 2.75) is 44.6 Å². The van der Waals surface area contributed by atoms with E-state index in [0.29, 0.717) is 26.2 Å². The molecule has 1 N–H and O–H groups in total. The van der Waals surface area contributed by atoms with Crippen LogP contribution in [0.3, 0.4) is 0 Å². The summed E-state index contributed by atoms with van der Waals surface area (Å²) in [6.45, 7) is 3.52. The Labute approximate surface area is 166 Å². The van der Waals surface area contributed by atoms with E-state index in [1.54, 1.807) is 11.9 Å². The van der Waals surface area contributed by atoms with Crippen LogP contribution in [0.1, 0.15) is 38.5 Å². The summed E-state index contributed by atoms with van der Waals surface area (Å²) in [6, 6.07) is 0. The molecule has 2 amide bonds. The molecular weight excluding hydrogens is 362 g/mol. The van der Waals surface area contributed by atoms with Gasteiger partial charge in [0.1, 0.15) is 0 Å². The fraction of sp³-hybridized carbons (Fsp3) is 0.850. The van der Waals surface area contributed by atoms with Gasteiger partial charge in [0.05, 0.1) is 19.3 Å². The maximum absolute atomic E-state index is 13.3. The van der Waals surface area contributed by atoms with E-state index in [-0.39, 0.29) is 36.3 Å². The zero-order chi connectivity index (χ0) is 20.1. The van der Waals surface area contributed by atoms with Crippen molar-refractivity contribution in [1.82, 2.24) is 14.7 Å². The Balaban J connectivity index is 1.60. The van der Waals surface area contributed by atoms with Gasteiger partial charge < -0.3 is 19.6 Å². The van der Waals surface area contributed by atoms with E-state index in [1.165, 1.54) is 0 Å². The van der Waals surface area contributed by atoms with Crippen LogP contribution >= 0.6 is 0 Å². The fourth-order valence-corrected chi connectivity index (χ4v) is 4.80. The van der Waals surface area contributed by atoms with Gasteiger partial charge >= 0.3 is 5.97 Å². The summed E-state index contributed by atoms with van der Waals surface area (Å²) in [6.07, 6.45) is 5.52. The first-order valence-electron chi connectivity index (χ1n) is 10.5. The van der Waals surface area contributed by atoms with Crippen LogP contribution in [0.25, 0.3) is 0 Å². The molecule has 28 heavy (non-hydrogen) atoms. The molecule has 0 bridgehead atoms. The predicted octanol–water partition coefficient (Wildman–Crippen LogP) is 0.659. The molecule has 0 aromatic carbocycles. The monoisotopic (exact) mass is 395 g/mol. The molecule has 0 spiro atoms. The number of nitrogens with zero attached hydrogens (tertiary/aromatic N) is 3. The molecule has 3 atom stereocenters. The van der Waals surface area contributed by atoms with Crippen LogP contribution in [0.4, 0.5) is 0 Å². The number of amides is 2. The van der Waals surface area contributed by atoms with Crippen LogP contribution in [0.5, 0.6) is 0 Å². The van der Waals surface area contributed by atoms with E-state index in [9.17, 15) is 14.4 Å². The lowest BCUT2D eigenvalue weighted by Gasteiger charge is -2.39. The smallest absolute Gasteiger partial charge is 0.317 e. The number of carboxylic acids is 1. The van der Waals surface area contributed by atoms with Crippen LogP contribution in [0.2, 0.25) is 0 Å². The minimum atomic E-state index is -0.878. The first kappa shape index (κ1) is 21.0. The fourth-order valence-electron chi connectivity index (χ4n) is 4.80. The number of likely N-dealkylation sites (N-methyl/N-ethyl adjacent to an activating group) is 1. The van der Waals surface area contributed by atoms with Crippen molar-refractivity contribution in [2.75, 3.05) is 52.9 Å². The molecule has 8 heteroatoms. The molecule has 3 rings (SSSR count). The highest BCUT2D eigenvalue weighted by Crippen LogP contribution is 2.34. The van der Waals surface area contributed by atoms with Crippen molar-refractivity contribution in [1.29, 1.82) is 0 Å². The number of rotatable bonds is 6. The number of ether oxygens (including phenoxy) is 1. The summed E-state index contributed by atoms with van der Waals surface area (Å²) in [5, 5.41) is 8.91. The van der Waals surface area contributed by atoms with Gasteiger partial charge in [0.15, 0.2) is 0 Å². The van der Waals surface area contributed by atoms with Crippen LogP contribution in [0.15, 0.2) is 0 Å². The molecule has 0 radical (unpaired) electrons. The minimum Gasteiger partial charge on any atom is -0.480 e. The zero-order valence-electron chi connectivity index (χ0n) is 16.8. The van der Waals surface area contributed by atoms with E-state index in [1.807, 2.05) is 9.80 Å². The van der Waals surface area contributed by atoms with Crippen molar-refractivity contribution < 1.29 is 24.2 Å². The van der Waals surface area contributed by atoms with E-state index < -0.39 is 5.97 Å². The number of likely N-dealkylation sites (tertiary alicyclic amines) is 1. The van der Waals surface area contributed by atoms with Gasteiger partial charge in [-0.2, -0.15) is 0 Å². The molecule has 8 nitrogen and oxygen atoms in total. The minimum absolute atomic E-state index is 0.0527. The second-order valence-corrected chi connectivity index (χ2v) is 8.40. The molecular formula is C20H33N3O5. The molecule has 158 valence electrons. The number of aliphatic carboxylic acids is 1. The Bertz CT molecular complexity index is 578. The number of carboxylic acid groups (broad SMARTS) is 1. The lowest BCUT2D eigenvalue weighted by atomic mass is 9.77. The van der Waals surface area contributed by atoms with Gasteiger partial charge in [-0.3, -0.25) is 19.3 Å². The van der Waals surface area contributed by atoms with Crippen molar-refractivity contribution in [3.63, 3.8) is 0 Å². The van der Waals surface area contributed by atoms with Gasteiger partial charge in [0, 0.05) is 44.6 Å². The van der Waals surface area contributed by atoms with Crippen LogP contribution in [-0.2, 0) is 19.1 Å². The SMILES string of the molecule is CN(CC(=O)O)CC1CN(C(=O)C2CCCCC2C(=O)N2CCCC2)CCO1. The molecule has 0 aromatic heterocycles. The van der Waals surface area contributed by atoms with E-state index >= 15 is 0 Å². The second kappa shape index (κ2) is 9.69. The Morgan fingerprint density at radius 1 is 0.964 bits per heavy atom. The summed E-state index contributed by atoms with van der Waals surface area (Å²) in [7, 11) is 1.74. The van der Waals surface area contributed by atoms with Crippen LogP contribution in [0, 0.1) is 11.8 Å². The summed E-state index contributed by atoms with van der Waals surface area (Å²) in [5.41, 5.74) is 0. The maximum Gasteiger partial charge on any atom is 0.317 e. The molecule has 2 saturated heterocycles. The quantitative estimate of drug-likeness (QED) is 0.711. The molecule has 0 aromatic rings. The molecule has 2 heterocycles. The zero-order valence-corrected chi connectivity index (χ0v) is 16.8. The number of carbonyl (C=O) groups is 3. The van der Waals surface area contributed by atoms with Gasteiger partial charge in [-0.05, 0) is 32.7 Å². The molecule has 1 aliphatic carbocycles. The maximum atomic E-state index is 13.3. The summed E-state index contributed by atoms with van der Waals surface area (Å²) in [5.74, 6) is -1.04. The summed E-state index contributed by atoms with van der Waals surface area (Å²) < 4.78 is 5.75. The summed E-state index contributed by atoms with van der Waals surface area (Å²) in [4.78, 5) is 42.6. The topological polar surface area (TPSA) is 90.4 Å². The lowest BCUT2D eigenvalue weighted by molar-refractivity contribution is -0.153. The predicted molar refractivity (Wildman–Crippen MR) is 103 cm³/mol. The van der Waals surface area contributed by atoms with E-state index in [2.05, 4.69) is 0 Å². The second-order valence-electron chi connectivity index (χ2n) is 8.40. The molecule has 3 unspecified atom stereocenters. The van der Waals surface area contributed by atoms with Crippen molar-refractivity contribution in [3.8, 4) is 0 Å². The van der Waals surface area contributed by atoms with Crippen molar-refractivity contribution in [3.05, 3.63) is 0 Å². The van der Waals surface area contributed by atoms with E-state index in [4.69, 9.17) is 9.84 Å². The van der Waals surface area contributed by atoms with Gasteiger partial charge in [0.2, 0.25) is 11.8 Å². The average Bonchev–Trinajstić information content (AvgIpc) is 3.21. The Kier molecular flexibility index (Phi) is 7.29. The van der Waals surface area contributed by atoms with Gasteiger partial charge in [-0.15, -0.1) is 0 Å². The first-order valence-corrected chi connectivity index (χ1v) is 10.5. The van der Waals surface area contributed by atoms with Gasteiger partial charge in [-0.1, -0.05) is 12.8 Å². The number of morpholine rings is 1. The Morgan fingerprint density at radius 2 is 1.57 bits per heavy atom. The third-order valence-electron chi connectivity index (χ3n) is 6.19. The van der Waals surface area contributed by atoms with Crippen LogP contribution in [-0.4, -0.2) is 96.6 Å². The average molecular weight is 396 g/mol.